The van der Waals surface area contributed by atoms with E-state index in [9.17, 15) is 0 Å². The molecule has 0 N–H and O–H groups in total. The van der Waals surface area contributed by atoms with Crippen molar-refractivity contribution in [3.63, 3.8) is 0 Å². The Morgan fingerprint density at radius 3 is 2.65 bits per heavy atom. The van der Waals surface area contributed by atoms with Crippen LogP contribution in [0.2, 0.25) is 0 Å². The Morgan fingerprint density at radius 1 is 1.24 bits per heavy atom. The minimum absolute atomic E-state index is 0.868. The van der Waals surface area contributed by atoms with E-state index in [-0.39, 0.29) is 0 Å². The van der Waals surface area contributed by atoms with Crippen LogP contribution in [0, 0.1) is 6.92 Å². The number of rotatable bonds is 2. The maximum atomic E-state index is 5.16. The van der Waals surface area contributed by atoms with Crippen molar-refractivity contribution >= 4 is 16.3 Å². The molecule has 1 aromatic carbocycles. The first-order valence-corrected chi connectivity index (χ1v) is 6.24. The van der Waals surface area contributed by atoms with Crippen LogP contribution < -0.4 is 4.74 Å². The Hall–Kier alpha value is -1.81. The van der Waals surface area contributed by atoms with Gasteiger partial charge in [0, 0.05) is 22.8 Å². The molecule has 3 rings (SSSR count). The second kappa shape index (κ2) is 3.89. The molecule has 2 aromatic heterocycles. The molecule has 0 amide bonds. The molecule has 0 aliphatic heterocycles. The van der Waals surface area contributed by atoms with Gasteiger partial charge in [-0.1, -0.05) is 0 Å². The second-order valence-electron chi connectivity index (χ2n) is 3.83. The predicted octanol–water partition coefficient (Wildman–Crippen LogP) is 3.38. The van der Waals surface area contributed by atoms with E-state index in [1.807, 2.05) is 29.6 Å². The first-order chi connectivity index (χ1) is 8.29. The van der Waals surface area contributed by atoms with Gasteiger partial charge in [-0.25, -0.2) is 4.98 Å². The van der Waals surface area contributed by atoms with Crippen molar-refractivity contribution in [2.75, 3.05) is 7.11 Å². The molecule has 0 spiro atoms. The highest BCUT2D eigenvalue weighted by molar-refractivity contribution is 7.15. The lowest BCUT2D eigenvalue weighted by molar-refractivity contribution is 0.415. The molecule has 17 heavy (non-hydrogen) atoms. The lowest BCUT2D eigenvalue weighted by Gasteiger charge is -2.02. The van der Waals surface area contributed by atoms with Crippen LogP contribution in [0.3, 0.4) is 0 Å². The van der Waals surface area contributed by atoms with Gasteiger partial charge >= 0.3 is 0 Å². The predicted molar refractivity (Wildman–Crippen MR) is 69.8 cm³/mol. The van der Waals surface area contributed by atoms with Crippen LogP contribution in [0.25, 0.3) is 16.2 Å². The van der Waals surface area contributed by atoms with Crippen LogP contribution in [0.5, 0.6) is 5.75 Å². The first-order valence-electron chi connectivity index (χ1n) is 5.36. The maximum absolute atomic E-state index is 5.16. The lowest BCUT2D eigenvalue weighted by atomic mass is 10.1. The minimum atomic E-state index is 0.868. The largest absolute Gasteiger partial charge is 0.497 e. The molecular weight excluding hydrogens is 232 g/mol. The molecule has 0 aliphatic rings. The molecule has 0 aliphatic carbocycles. The summed E-state index contributed by atoms with van der Waals surface area (Å²) in [6, 6.07) is 8.00. The highest BCUT2D eigenvalue weighted by Crippen LogP contribution is 2.27. The fourth-order valence-electron chi connectivity index (χ4n) is 1.92. The van der Waals surface area contributed by atoms with Gasteiger partial charge in [0.05, 0.1) is 12.8 Å². The van der Waals surface area contributed by atoms with Gasteiger partial charge in [-0.3, -0.25) is 4.40 Å². The second-order valence-corrected chi connectivity index (χ2v) is 4.70. The van der Waals surface area contributed by atoms with Gasteiger partial charge in [0.25, 0.3) is 0 Å². The zero-order valence-electron chi connectivity index (χ0n) is 9.68. The van der Waals surface area contributed by atoms with E-state index in [0.29, 0.717) is 0 Å². The van der Waals surface area contributed by atoms with Gasteiger partial charge in [0.15, 0.2) is 4.96 Å². The molecule has 0 saturated carbocycles. The summed E-state index contributed by atoms with van der Waals surface area (Å²) in [7, 11) is 1.67. The standard InChI is InChI=1S/C13H12N2OS/c1-9-12(14-13-15(9)7-8-17-13)10-3-5-11(16-2)6-4-10/h3-8H,1-2H3. The number of hydrogen-bond acceptors (Lipinski definition) is 3. The average molecular weight is 244 g/mol. The molecule has 0 fully saturated rings. The third-order valence-corrected chi connectivity index (χ3v) is 3.62. The zero-order chi connectivity index (χ0) is 11.8. The Labute approximate surface area is 103 Å². The Kier molecular flexibility index (Phi) is 2.37. The molecule has 2 heterocycles. The highest BCUT2D eigenvalue weighted by atomic mass is 32.1. The summed E-state index contributed by atoms with van der Waals surface area (Å²) in [5.74, 6) is 0.868. The van der Waals surface area contributed by atoms with Crippen LogP contribution in [0.4, 0.5) is 0 Å². The fraction of sp³-hybridized carbons (Fsp3) is 0.154. The summed E-state index contributed by atoms with van der Waals surface area (Å²) in [5, 5.41) is 2.05. The number of hydrogen-bond donors (Lipinski definition) is 0. The summed E-state index contributed by atoms with van der Waals surface area (Å²) in [5.41, 5.74) is 3.34. The number of fused-ring (bicyclic) bond motifs is 1. The molecule has 0 bridgehead atoms. The van der Waals surface area contributed by atoms with Gasteiger partial charge in [0.1, 0.15) is 5.75 Å². The number of thiazole rings is 1. The van der Waals surface area contributed by atoms with Crippen molar-refractivity contribution in [3.8, 4) is 17.0 Å². The summed E-state index contributed by atoms with van der Waals surface area (Å²) in [6.07, 6.45) is 2.05. The molecule has 3 aromatic rings. The van der Waals surface area contributed by atoms with Gasteiger partial charge in [-0.15, -0.1) is 11.3 Å². The van der Waals surface area contributed by atoms with Gasteiger partial charge < -0.3 is 4.74 Å². The number of nitrogens with zero attached hydrogens (tertiary/aromatic N) is 2. The maximum Gasteiger partial charge on any atom is 0.194 e. The molecule has 0 unspecified atom stereocenters. The number of imidazole rings is 1. The van der Waals surface area contributed by atoms with Crippen molar-refractivity contribution < 1.29 is 4.74 Å². The van der Waals surface area contributed by atoms with Crippen LogP contribution in [0.1, 0.15) is 5.69 Å². The molecule has 86 valence electrons. The summed E-state index contributed by atoms with van der Waals surface area (Å²) in [4.78, 5) is 5.67. The van der Waals surface area contributed by atoms with Crippen LogP contribution in [0.15, 0.2) is 35.8 Å². The SMILES string of the molecule is COc1ccc(-c2nc3sccn3c2C)cc1. The third kappa shape index (κ3) is 1.61. The number of ether oxygens (including phenoxy) is 1. The number of benzene rings is 1. The molecule has 4 heteroatoms. The Bertz CT molecular complexity index is 652. The first kappa shape index (κ1) is 10.4. The van der Waals surface area contributed by atoms with E-state index in [1.54, 1.807) is 18.4 Å². The monoisotopic (exact) mass is 244 g/mol. The quantitative estimate of drug-likeness (QED) is 0.691. The van der Waals surface area contributed by atoms with E-state index in [0.717, 1.165) is 22.0 Å². The van der Waals surface area contributed by atoms with E-state index in [1.165, 1.54) is 5.69 Å². The average Bonchev–Trinajstić information content (AvgIpc) is 2.93. The Morgan fingerprint density at radius 2 is 2.00 bits per heavy atom. The summed E-state index contributed by atoms with van der Waals surface area (Å²) >= 11 is 1.65. The molecule has 0 saturated heterocycles. The van der Waals surface area contributed by atoms with Gasteiger partial charge in [-0.05, 0) is 31.2 Å². The van der Waals surface area contributed by atoms with E-state index in [2.05, 4.69) is 22.5 Å². The van der Waals surface area contributed by atoms with Crippen LogP contribution in [-0.4, -0.2) is 16.5 Å². The molecule has 0 radical (unpaired) electrons. The van der Waals surface area contributed by atoms with Gasteiger partial charge in [-0.2, -0.15) is 0 Å². The van der Waals surface area contributed by atoms with Crippen molar-refractivity contribution in [2.45, 2.75) is 6.92 Å². The van der Waals surface area contributed by atoms with Crippen LogP contribution in [-0.2, 0) is 0 Å². The van der Waals surface area contributed by atoms with Crippen molar-refractivity contribution in [1.82, 2.24) is 9.38 Å². The Balaban J connectivity index is 2.12. The van der Waals surface area contributed by atoms with Crippen LogP contribution >= 0.6 is 11.3 Å². The smallest absolute Gasteiger partial charge is 0.194 e. The summed E-state index contributed by atoms with van der Waals surface area (Å²) < 4.78 is 7.27. The number of methoxy groups -OCH3 is 1. The minimum Gasteiger partial charge on any atom is -0.497 e. The molecule has 0 atom stereocenters. The van der Waals surface area contributed by atoms with Crippen molar-refractivity contribution in [3.05, 3.63) is 41.5 Å². The molecule has 3 nitrogen and oxygen atoms in total. The third-order valence-electron chi connectivity index (χ3n) is 2.86. The normalized spacial score (nSPS) is 10.9. The van der Waals surface area contributed by atoms with E-state index < -0.39 is 0 Å². The number of aryl methyl sites for hydroxylation is 1. The van der Waals surface area contributed by atoms with E-state index >= 15 is 0 Å². The molecular formula is C13H12N2OS. The van der Waals surface area contributed by atoms with Gasteiger partial charge in [0.2, 0.25) is 0 Å². The van der Waals surface area contributed by atoms with E-state index in [4.69, 9.17) is 4.74 Å². The highest BCUT2D eigenvalue weighted by Gasteiger charge is 2.10. The fourth-order valence-corrected chi connectivity index (χ4v) is 2.68. The van der Waals surface area contributed by atoms with Crippen molar-refractivity contribution in [1.29, 1.82) is 0 Å². The zero-order valence-corrected chi connectivity index (χ0v) is 10.5. The summed E-state index contributed by atoms with van der Waals surface area (Å²) in [6.45, 7) is 2.09. The topological polar surface area (TPSA) is 26.5 Å². The number of aromatic nitrogens is 2. The van der Waals surface area contributed by atoms with Crippen molar-refractivity contribution in [2.24, 2.45) is 0 Å². The lowest BCUT2D eigenvalue weighted by Crippen LogP contribution is -1.85.